The molecular weight excluding hydrogens is 684 g/mol. The van der Waals surface area contributed by atoms with Crippen molar-refractivity contribution in [1.82, 2.24) is 24.8 Å². The molecule has 0 saturated carbocycles. The Balaban J connectivity index is 1.36. The number of hydrogen-bond acceptors (Lipinski definition) is 8. The summed E-state index contributed by atoms with van der Waals surface area (Å²) in [6.45, 7) is 10.9. The van der Waals surface area contributed by atoms with Gasteiger partial charge in [-0.15, -0.1) is 30.0 Å². The second-order valence-electron chi connectivity index (χ2n) is 12.0. The molecule has 6 rings (SSSR count). The Kier molecular flexibility index (Phi) is 9.77. The number of amides is 3. The summed E-state index contributed by atoms with van der Waals surface area (Å²) >= 11 is 5.44. The number of aromatic nitrogens is 3. The summed E-state index contributed by atoms with van der Waals surface area (Å²) in [6, 6.07) is 14.0. The molecule has 3 aliphatic rings. The smallest absolute Gasteiger partial charge is 0.248 e. The minimum Gasteiger partial charge on any atom is -0.494 e. The number of hydrogen-bond donors (Lipinski definition) is 1. The number of fused-ring (bicyclic) bond motifs is 2. The van der Waals surface area contributed by atoms with E-state index in [4.69, 9.17) is 4.74 Å². The fraction of sp³-hybridized carbons (Fsp3) is 0.441. The monoisotopic (exact) mass is 722 g/mol. The number of likely N-dealkylation sites (tertiary alicyclic amines) is 1. The Bertz CT molecular complexity index is 1670. The summed E-state index contributed by atoms with van der Waals surface area (Å²) in [6.07, 6.45) is 4.19. The summed E-state index contributed by atoms with van der Waals surface area (Å²) in [5, 5.41) is 18.1. The number of carbonyl (C=O) groups is 3. The highest BCUT2D eigenvalue weighted by Gasteiger charge is 2.76. The molecular formula is C34H39BrN6O5S. The maximum atomic E-state index is 14.8. The zero-order chi connectivity index (χ0) is 33.3. The van der Waals surface area contributed by atoms with E-state index >= 15 is 0 Å². The minimum atomic E-state index is -0.842. The number of aliphatic hydroxyl groups excluding tert-OH is 1. The third-order valence-electron chi connectivity index (χ3n) is 9.29. The molecule has 248 valence electrons. The second kappa shape index (κ2) is 13.8. The van der Waals surface area contributed by atoms with Gasteiger partial charge in [-0.2, -0.15) is 0 Å². The van der Waals surface area contributed by atoms with Crippen molar-refractivity contribution >= 4 is 62.1 Å². The van der Waals surface area contributed by atoms with E-state index in [0.717, 1.165) is 5.52 Å². The third kappa shape index (κ3) is 5.76. The first kappa shape index (κ1) is 33.2. The van der Waals surface area contributed by atoms with Crippen LogP contribution in [0.4, 0.5) is 5.69 Å². The van der Waals surface area contributed by atoms with Crippen LogP contribution in [0.15, 0.2) is 73.8 Å². The van der Waals surface area contributed by atoms with Crippen molar-refractivity contribution in [3.63, 3.8) is 0 Å². The normalized spacial score (nSPS) is 26.0. The number of aliphatic hydroxyl groups is 1. The number of benzene rings is 2. The van der Waals surface area contributed by atoms with Gasteiger partial charge < -0.3 is 24.5 Å². The largest absolute Gasteiger partial charge is 0.494 e. The minimum absolute atomic E-state index is 0.0865. The molecule has 6 atom stereocenters. The van der Waals surface area contributed by atoms with E-state index in [0.29, 0.717) is 36.4 Å². The van der Waals surface area contributed by atoms with Crippen molar-refractivity contribution in [2.45, 2.75) is 47.3 Å². The fourth-order valence-electron chi connectivity index (χ4n) is 7.42. The Labute approximate surface area is 286 Å². The van der Waals surface area contributed by atoms with Gasteiger partial charge in [-0.3, -0.25) is 14.4 Å². The Morgan fingerprint density at radius 1 is 1.15 bits per heavy atom. The van der Waals surface area contributed by atoms with Gasteiger partial charge in [-0.05, 0) is 56.2 Å². The molecule has 3 amide bonds. The van der Waals surface area contributed by atoms with Crippen molar-refractivity contribution in [2.24, 2.45) is 11.8 Å². The predicted octanol–water partition coefficient (Wildman–Crippen LogP) is 3.87. The average Bonchev–Trinajstić information content (AvgIpc) is 3.79. The van der Waals surface area contributed by atoms with Gasteiger partial charge in [0, 0.05) is 42.0 Å². The fourth-order valence-corrected chi connectivity index (χ4v) is 11.0. The van der Waals surface area contributed by atoms with Crippen molar-refractivity contribution in [2.75, 3.05) is 37.7 Å². The summed E-state index contributed by atoms with van der Waals surface area (Å²) in [5.41, 5.74) is 2.17. The Morgan fingerprint density at radius 3 is 2.60 bits per heavy atom. The predicted molar refractivity (Wildman–Crippen MR) is 185 cm³/mol. The topological polar surface area (TPSA) is 121 Å². The SMILES string of the molecule is C=CCN(Cn1nnc2ccccc21)C(=O)C1N(CCCO)C(=O)[C@@H]2[C@@H](C(=O)N(CC=C)c3ccc(OCC)cc3)[C@@H]3SC12CC3Br. The Morgan fingerprint density at radius 2 is 1.89 bits per heavy atom. The molecule has 0 aliphatic carbocycles. The van der Waals surface area contributed by atoms with Crippen molar-refractivity contribution in [3.05, 3.63) is 73.8 Å². The van der Waals surface area contributed by atoms with Gasteiger partial charge in [0.05, 0.1) is 28.7 Å². The highest BCUT2D eigenvalue weighted by molar-refractivity contribution is 9.09. The van der Waals surface area contributed by atoms with Gasteiger partial charge in [-0.1, -0.05) is 45.4 Å². The number of ether oxygens (including phenoxy) is 1. The number of carbonyl (C=O) groups excluding carboxylic acids is 3. The molecule has 47 heavy (non-hydrogen) atoms. The lowest BCUT2D eigenvalue weighted by molar-refractivity contribution is -0.143. The highest BCUT2D eigenvalue weighted by atomic mass is 79.9. The quantitative estimate of drug-likeness (QED) is 0.197. The maximum Gasteiger partial charge on any atom is 0.248 e. The molecule has 4 heterocycles. The van der Waals surface area contributed by atoms with Gasteiger partial charge in [0.15, 0.2) is 0 Å². The van der Waals surface area contributed by atoms with Crippen LogP contribution in [0.5, 0.6) is 5.75 Å². The maximum absolute atomic E-state index is 14.8. The zero-order valence-corrected chi connectivity index (χ0v) is 28.7. The molecule has 3 saturated heterocycles. The van der Waals surface area contributed by atoms with Crippen LogP contribution in [0.3, 0.4) is 0 Å². The molecule has 3 aliphatic heterocycles. The number of para-hydroxylation sites is 1. The first-order valence-corrected chi connectivity index (χ1v) is 17.6. The molecule has 2 aromatic carbocycles. The molecule has 2 bridgehead atoms. The molecule has 3 aromatic rings. The molecule has 0 radical (unpaired) electrons. The number of anilines is 1. The first-order chi connectivity index (χ1) is 22.8. The number of halogens is 1. The van der Waals surface area contributed by atoms with Crippen LogP contribution in [-0.2, 0) is 21.1 Å². The lowest BCUT2D eigenvalue weighted by Crippen LogP contribution is -2.56. The summed E-state index contributed by atoms with van der Waals surface area (Å²) in [5.74, 6) is -1.32. The van der Waals surface area contributed by atoms with Crippen molar-refractivity contribution in [3.8, 4) is 5.75 Å². The van der Waals surface area contributed by atoms with Crippen LogP contribution in [0.2, 0.25) is 0 Å². The average molecular weight is 724 g/mol. The van der Waals surface area contributed by atoms with E-state index in [1.54, 1.807) is 43.3 Å². The summed E-state index contributed by atoms with van der Waals surface area (Å²) in [7, 11) is 0. The van der Waals surface area contributed by atoms with Crippen LogP contribution in [0, 0.1) is 11.8 Å². The lowest BCUT2D eigenvalue weighted by atomic mass is 9.70. The summed E-state index contributed by atoms with van der Waals surface area (Å²) in [4.78, 5) is 48.7. The van der Waals surface area contributed by atoms with Crippen LogP contribution < -0.4 is 9.64 Å². The van der Waals surface area contributed by atoms with Crippen molar-refractivity contribution in [1.29, 1.82) is 0 Å². The number of alkyl halides is 1. The van der Waals surface area contributed by atoms with Crippen LogP contribution >= 0.6 is 27.7 Å². The molecule has 3 unspecified atom stereocenters. The van der Waals surface area contributed by atoms with Gasteiger partial charge in [-0.25, -0.2) is 4.68 Å². The number of rotatable bonds is 14. The molecule has 13 heteroatoms. The van der Waals surface area contributed by atoms with Gasteiger partial charge in [0.2, 0.25) is 17.7 Å². The van der Waals surface area contributed by atoms with E-state index in [1.807, 2.05) is 55.5 Å². The van der Waals surface area contributed by atoms with Crippen molar-refractivity contribution < 1.29 is 24.2 Å². The zero-order valence-electron chi connectivity index (χ0n) is 26.3. The van der Waals surface area contributed by atoms with Gasteiger partial charge >= 0.3 is 0 Å². The van der Waals surface area contributed by atoms with Crippen LogP contribution in [0.1, 0.15) is 19.8 Å². The van der Waals surface area contributed by atoms with Gasteiger partial charge in [0.25, 0.3) is 0 Å². The number of thioether (sulfide) groups is 1. The molecule has 11 nitrogen and oxygen atoms in total. The summed E-state index contributed by atoms with van der Waals surface area (Å²) < 4.78 is 6.43. The van der Waals surface area contributed by atoms with E-state index in [9.17, 15) is 19.5 Å². The van der Waals surface area contributed by atoms with Gasteiger partial charge in [0.1, 0.15) is 24.0 Å². The molecule has 1 aromatic heterocycles. The molecule has 1 spiro atoms. The van der Waals surface area contributed by atoms with E-state index in [1.165, 1.54) is 0 Å². The van der Waals surface area contributed by atoms with Crippen LogP contribution in [-0.4, -0.2) is 101 Å². The van der Waals surface area contributed by atoms with E-state index < -0.39 is 22.6 Å². The number of nitrogens with zero attached hydrogens (tertiary/aromatic N) is 6. The second-order valence-corrected chi connectivity index (χ2v) is 14.7. The molecule has 3 fully saturated rings. The van der Waals surface area contributed by atoms with E-state index in [2.05, 4.69) is 39.4 Å². The standard InChI is InChI=1S/C34H39BrN6O5S/c1-4-16-38(21-41-26-11-8-7-10-25(26)36-37-41)33(45)30-34-20-24(35)29(47-34)27(28(34)32(44)40(30)18-9-19-42)31(43)39(17-5-2)22-12-14-23(15-13-22)46-6-3/h4-5,7-8,10-15,24,27-30,42H,1-2,6,9,16-21H2,3H3/t24?,27-,28+,29-,30?,34?/m1/s1. The van der Waals surface area contributed by atoms with Crippen LogP contribution in [0.25, 0.3) is 11.0 Å². The lowest BCUT2D eigenvalue weighted by Gasteiger charge is -2.38. The highest BCUT2D eigenvalue weighted by Crippen LogP contribution is 2.68. The third-order valence-corrected chi connectivity index (χ3v) is 12.5. The van der Waals surface area contributed by atoms with E-state index in [-0.39, 0.29) is 60.7 Å². The Hall–Kier alpha value is -3.68. The molecule has 1 N–H and O–H groups in total. The first-order valence-electron chi connectivity index (χ1n) is 15.9.